The van der Waals surface area contributed by atoms with Crippen LogP contribution in [-0.2, 0) is 0 Å². The lowest BCUT2D eigenvalue weighted by molar-refractivity contribution is 0.626. The van der Waals surface area contributed by atoms with Crippen molar-refractivity contribution in [3.8, 4) is 5.69 Å². The van der Waals surface area contributed by atoms with Crippen molar-refractivity contribution in [2.24, 2.45) is 0 Å². The molecule has 1 aromatic heterocycles. The average molecular weight is 298 g/mol. The Labute approximate surface area is 108 Å². The van der Waals surface area contributed by atoms with Crippen LogP contribution in [0, 0.1) is 12.7 Å². The lowest BCUT2D eigenvalue weighted by Crippen LogP contribution is -2.05. The van der Waals surface area contributed by atoms with Gasteiger partial charge < -0.3 is 5.32 Å². The highest BCUT2D eigenvalue weighted by Gasteiger charge is 2.10. The molecule has 0 fully saturated rings. The monoisotopic (exact) mass is 297 g/mol. The molecule has 0 spiro atoms. The summed E-state index contributed by atoms with van der Waals surface area (Å²) in [7, 11) is 0. The number of aryl methyl sites for hydroxylation is 1. The summed E-state index contributed by atoms with van der Waals surface area (Å²) in [4.78, 5) is 4.38. The second kappa shape index (κ2) is 4.87. The molecule has 5 heteroatoms. The van der Waals surface area contributed by atoms with E-state index in [1.807, 2.05) is 24.6 Å². The number of nitrogens with one attached hydrogen (secondary N) is 1. The summed E-state index contributed by atoms with van der Waals surface area (Å²) in [5.74, 6) is 0.500. The van der Waals surface area contributed by atoms with Gasteiger partial charge in [0.1, 0.15) is 5.82 Å². The average Bonchev–Trinajstić information content (AvgIpc) is 2.60. The summed E-state index contributed by atoms with van der Waals surface area (Å²) in [5, 5.41) is 3.17. The van der Waals surface area contributed by atoms with Crippen molar-refractivity contribution in [2.75, 3.05) is 11.9 Å². The molecule has 0 amide bonds. The van der Waals surface area contributed by atoms with Gasteiger partial charge in [0, 0.05) is 17.2 Å². The molecule has 1 heterocycles. The van der Waals surface area contributed by atoms with Crippen LogP contribution >= 0.6 is 15.9 Å². The van der Waals surface area contributed by atoms with Crippen molar-refractivity contribution < 1.29 is 4.39 Å². The molecule has 0 aliphatic rings. The molecule has 3 nitrogen and oxygen atoms in total. The molecular formula is C12H13BrFN3. The minimum atomic E-state index is -0.262. The zero-order valence-electron chi connectivity index (χ0n) is 9.67. The van der Waals surface area contributed by atoms with Gasteiger partial charge in [-0.1, -0.05) is 0 Å². The van der Waals surface area contributed by atoms with Crippen LogP contribution in [0.1, 0.15) is 12.6 Å². The lowest BCUT2D eigenvalue weighted by atomic mass is 10.3. The molecule has 0 saturated carbocycles. The topological polar surface area (TPSA) is 29.9 Å². The van der Waals surface area contributed by atoms with Gasteiger partial charge in [-0.05, 0) is 48.0 Å². The SMILES string of the molecule is CCNc1nc(C)cn1-c1ccc(F)cc1Br. The van der Waals surface area contributed by atoms with Gasteiger partial charge in [-0.3, -0.25) is 4.57 Å². The van der Waals surface area contributed by atoms with E-state index in [0.717, 1.165) is 23.9 Å². The highest BCUT2D eigenvalue weighted by Crippen LogP contribution is 2.25. The van der Waals surface area contributed by atoms with E-state index in [9.17, 15) is 4.39 Å². The van der Waals surface area contributed by atoms with E-state index in [1.54, 1.807) is 6.07 Å². The molecule has 2 aromatic rings. The molecule has 17 heavy (non-hydrogen) atoms. The first-order valence-corrected chi connectivity index (χ1v) is 6.16. The fourth-order valence-electron chi connectivity index (χ4n) is 1.64. The lowest BCUT2D eigenvalue weighted by Gasteiger charge is -2.10. The van der Waals surface area contributed by atoms with Crippen LogP contribution in [0.2, 0.25) is 0 Å². The second-order valence-corrected chi connectivity index (χ2v) is 4.56. The van der Waals surface area contributed by atoms with Crippen molar-refractivity contribution >= 4 is 21.9 Å². The predicted molar refractivity (Wildman–Crippen MR) is 70.1 cm³/mol. The van der Waals surface area contributed by atoms with E-state index in [-0.39, 0.29) is 5.82 Å². The summed E-state index contributed by atoms with van der Waals surface area (Å²) in [6, 6.07) is 4.60. The number of halogens is 2. The summed E-state index contributed by atoms with van der Waals surface area (Å²) in [6.07, 6.45) is 1.91. The summed E-state index contributed by atoms with van der Waals surface area (Å²) in [6.45, 7) is 4.72. The van der Waals surface area contributed by atoms with Crippen LogP contribution < -0.4 is 5.32 Å². The standard InChI is InChI=1S/C12H13BrFN3/c1-3-15-12-16-8(2)7-17(12)11-5-4-9(14)6-10(11)13/h4-7H,3H2,1-2H3,(H,15,16). The van der Waals surface area contributed by atoms with Crippen LogP contribution in [0.3, 0.4) is 0 Å². The van der Waals surface area contributed by atoms with Crippen LogP contribution in [-0.4, -0.2) is 16.1 Å². The number of nitrogens with zero attached hydrogens (tertiary/aromatic N) is 2. The first-order chi connectivity index (χ1) is 8.11. The van der Waals surface area contributed by atoms with Crippen molar-refractivity contribution in [1.82, 2.24) is 9.55 Å². The van der Waals surface area contributed by atoms with Crippen LogP contribution in [0.15, 0.2) is 28.9 Å². The highest BCUT2D eigenvalue weighted by atomic mass is 79.9. The minimum Gasteiger partial charge on any atom is -0.356 e. The van der Waals surface area contributed by atoms with E-state index < -0.39 is 0 Å². The molecule has 1 aromatic carbocycles. The van der Waals surface area contributed by atoms with Crippen LogP contribution in [0.4, 0.5) is 10.3 Å². The maximum atomic E-state index is 13.0. The molecule has 0 aliphatic heterocycles. The van der Waals surface area contributed by atoms with Crippen molar-refractivity contribution in [2.45, 2.75) is 13.8 Å². The molecule has 1 N–H and O–H groups in total. The third kappa shape index (κ3) is 2.49. The number of rotatable bonds is 3. The van der Waals surface area contributed by atoms with E-state index in [1.165, 1.54) is 12.1 Å². The Hall–Kier alpha value is -1.36. The normalized spacial score (nSPS) is 10.6. The third-order valence-corrected chi connectivity index (χ3v) is 2.97. The molecule has 0 bridgehead atoms. The zero-order chi connectivity index (χ0) is 12.4. The van der Waals surface area contributed by atoms with Gasteiger partial charge in [0.25, 0.3) is 0 Å². The summed E-state index contributed by atoms with van der Waals surface area (Å²) in [5.41, 5.74) is 1.78. The molecule has 0 unspecified atom stereocenters. The summed E-state index contributed by atoms with van der Waals surface area (Å²) < 4.78 is 15.7. The zero-order valence-corrected chi connectivity index (χ0v) is 11.3. The first kappa shape index (κ1) is 12.1. The Balaban J connectivity index is 2.51. The Morgan fingerprint density at radius 1 is 1.47 bits per heavy atom. The van der Waals surface area contributed by atoms with E-state index >= 15 is 0 Å². The number of anilines is 1. The number of benzene rings is 1. The smallest absolute Gasteiger partial charge is 0.207 e. The molecule has 0 saturated heterocycles. The van der Waals surface area contributed by atoms with Crippen LogP contribution in [0.25, 0.3) is 5.69 Å². The van der Waals surface area contributed by atoms with E-state index in [2.05, 4.69) is 26.2 Å². The Morgan fingerprint density at radius 3 is 2.88 bits per heavy atom. The molecule has 0 aliphatic carbocycles. The molecule has 0 radical (unpaired) electrons. The Kier molecular flexibility index (Phi) is 3.47. The second-order valence-electron chi connectivity index (χ2n) is 3.70. The van der Waals surface area contributed by atoms with Gasteiger partial charge in [0.2, 0.25) is 5.95 Å². The Bertz CT molecular complexity index is 537. The number of aromatic nitrogens is 2. The van der Waals surface area contributed by atoms with Crippen molar-refractivity contribution in [1.29, 1.82) is 0 Å². The van der Waals surface area contributed by atoms with Gasteiger partial charge in [-0.25, -0.2) is 9.37 Å². The van der Waals surface area contributed by atoms with E-state index in [4.69, 9.17) is 0 Å². The van der Waals surface area contributed by atoms with E-state index in [0.29, 0.717) is 4.47 Å². The first-order valence-electron chi connectivity index (χ1n) is 5.37. The fourth-order valence-corrected chi connectivity index (χ4v) is 2.18. The maximum absolute atomic E-state index is 13.0. The van der Waals surface area contributed by atoms with Crippen molar-refractivity contribution in [3.63, 3.8) is 0 Å². The predicted octanol–water partition coefficient (Wildman–Crippen LogP) is 3.51. The Morgan fingerprint density at radius 2 is 2.24 bits per heavy atom. The van der Waals surface area contributed by atoms with Crippen LogP contribution in [0.5, 0.6) is 0 Å². The quantitative estimate of drug-likeness (QED) is 0.939. The number of imidazole rings is 1. The van der Waals surface area contributed by atoms with Gasteiger partial charge in [0.15, 0.2) is 0 Å². The third-order valence-electron chi connectivity index (χ3n) is 2.33. The van der Waals surface area contributed by atoms with Gasteiger partial charge in [-0.15, -0.1) is 0 Å². The van der Waals surface area contributed by atoms with Gasteiger partial charge in [-0.2, -0.15) is 0 Å². The maximum Gasteiger partial charge on any atom is 0.207 e. The highest BCUT2D eigenvalue weighted by molar-refractivity contribution is 9.10. The minimum absolute atomic E-state index is 0.262. The number of hydrogen-bond acceptors (Lipinski definition) is 2. The van der Waals surface area contributed by atoms with Gasteiger partial charge >= 0.3 is 0 Å². The molecule has 90 valence electrons. The molecule has 2 rings (SSSR count). The van der Waals surface area contributed by atoms with Gasteiger partial charge in [0.05, 0.1) is 11.4 Å². The number of hydrogen-bond donors (Lipinski definition) is 1. The largest absolute Gasteiger partial charge is 0.356 e. The van der Waals surface area contributed by atoms with Crippen molar-refractivity contribution in [3.05, 3.63) is 40.4 Å². The molecule has 0 atom stereocenters. The fraction of sp³-hybridized carbons (Fsp3) is 0.250. The molecular weight excluding hydrogens is 285 g/mol. The summed E-state index contributed by atoms with van der Waals surface area (Å²) >= 11 is 3.36.